The summed E-state index contributed by atoms with van der Waals surface area (Å²) in [6.07, 6.45) is 3.89. The largest absolute Gasteiger partial charge is 0.314 e. The van der Waals surface area contributed by atoms with Crippen LogP contribution in [0, 0.1) is 0 Å². The Hall–Kier alpha value is -0.860. The van der Waals surface area contributed by atoms with Gasteiger partial charge in [0.25, 0.3) is 0 Å². The lowest BCUT2D eigenvalue weighted by Gasteiger charge is -2.06. The van der Waals surface area contributed by atoms with Gasteiger partial charge in [-0.15, -0.1) is 11.3 Å². The van der Waals surface area contributed by atoms with Gasteiger partial charge in [0.2, 0.25) is 0 Å². The van der Waals surface area contributed by atoms with Gasteiger partial charge in [0, 0.05) is 15.6 Å². The molecular weight excluding hydrogens is 202 g/mol. The Labute approximate surface area is 94.1 Å². The third kappa shape index (κ3) is 1.92. The van der Waals surface area contributed by atoms with Crippen LogP contribution in [0.4, 0.5) is 0 Å². The summed E-state index contributed by atoms with van der Waals surface area (Å²) in [5, 5.41) is 4.95. The van der Waals surface area contributed by atoms with Crippen LogP contribution in [0.1, 0.15) is 17.7 Å². The first-order valence-electron chi connectivity index (χ1n) is 5.63. The van der Waals surface area contributed by atoms with E-state index in [0.29, 0.717) is 0 Å². The minimum atomic E-state index is 0.720. The van der Waals surface area contributed by atoms with Crippen molar-refractivity contribution in [1.29, 1.82) is 0 Å². The lowest BCUT2D eigenvalue weighted by Crippen LogP contribution is -2.23. The van der Waals surface area contributed by atoms with Crippen LogP contribution in [0.5, 0.6) is 0 Å². The first-order valence-corrected chi connectivity index (χ1v) is 6.44. The second-order valence-electron chi connectivity index (χ2n) is 4.25. The third-order valence-electron chi connectivity index (χ3n) is 3.09. The monoisotopic (exact) mass is 217 g/mol. The van der Waals surface area contributed by atoms with Crippen molar-refractivity contribution in [2.24, 2.45) is 0 Å². The van der Waals surface area contributed by atoms with E-state index >= 15 is 0 Å². The molecule has 1 N–H and O–H groups in total. The highest BCUT2D eigenvalue weighted by Gasteiger charge is 2.15. The minimum absolute atomic E-state index is 0.720. The second kappa shape index (κ2) is 3.95. The molecule has 1 aromatic carbocycles. The lowest BCUT2D eigenvalue weighted by molar-refractivity contribution is 0.608. The Kier molecular flexibility index (Phi) is 2.47. The molecule has 1 fully saturated rings. The van der Waals surface area contributed by atoms with Crippen molar-refractivity contribution in [3.8, 4) is 0 Å². The zero-order valence-electron chi connectivity index (χ0n) is 8.70. The molecule has 0 saturated carbocycles. The van der Waals surface area contributed by atoms with Crippen LogP contribution in [0.25, 0.3) is 10.1 Å². The first-order chi connectivity index (χ1) is 7.42. The van der Waals surface area contributed by atoms with E-state index in [2.05, 4.69) is 35.6 Å². The number of thiophene rings is 1. The Morgan fingerprint density at radius 1 is 1.33 bits per heavy atom. The van der Waals surface area contributed by atoms with Crippen molar-refractivity contribution in [3.05, 3.63) is 35.2 Å². The van der Waals surface area contributed by atoms with Gasteiger partial charge >= 0.3 is 0 Å². The van der Waals surface area contributed by atoms with Gasteiger partial charge < -0.3 is 5.32 Å². The molecule has 3 rings (SSSR count). The normalized spacial score (nSPS) is 21.2. The van der Waals surface area contributed by atoms with E-state index in [9.17, 15) is 0 Å². The summed E-state index contributed by atoms with van der Waals surface area (Å²) in [4.78, 5) is 1.52. The Morgan fingerprint density at radius 2 is 2.27 bits per heavy atom. The van der Waals surface area contributed by atoms with Gasteiger partial charge in [0.05, 0.1) is 0 Å². The van der Waals surface area contributed by atoms with Crippen LogP contribution in [-0.4, -0.2) is 12.6 Å². The molecule has 0 aliphatic carbocycles. The van der Waals surface area contributed by atoms with Crippen LogP contribution >= 0.6 is 11.3 Å². The predicted molar refractivity (Wildman–Crippen MR) is 66.6 cm³/mol. The smallest absolute Gasteiger partial charge is 0.0345 e. The van der Waals surface area contributed by atoms with Gasteiger partial charge in [0.1, 0.15) is 0 Å². The van der Waals surface area contributed by atoms with E-state index in [1.165, 1.54) is 40.8 Å². The zero-order chi connectivity index (χ0) is 10.1. The summed E-state index contributed by atoms with van der Waals surface area (Å²) >= 11 is 1.94. The van der Waals surface area contributed by atoms with Crippen molar-refractivity contribution in [3.63, 3.8) is 0 Å². The number of rotatable bonds is 2. The van der Waals surface area contributed by atoms with Crippen LogP contribution in [-0.2, 0) is 6.42 Å². The molecule has 2 heterocycles. The molecule has 78 valence electrons. The van der Waals surface area contributed by atoms with E-state index in [1.807, 2.05) is 11.3 Å². The highest BCUT2D eigenvalue weighted by Crippen LogP contribution is 2.27. The standard InChI is InChI=1S/C13H15NS/c1-2-6-13-10(4-1)8-12(15-13)9-11-5-3-7-14-11/h1-2,4,6,8,11,14H,3,5,7,9H2. The SMILES string of the molecule is c1ccc2sc(CC3CCCN3)cc2c1. The van der Waals surface area contributed by atoms with E-state index in [4.69, 9.17) is 0 Å². The molecule has 1 atom stereocenters. The van der Waals surface area contributed by atoms with Crippen molar-refractivity contribution < 1.29 is 0 Å². The maximum atomic E-state index is 3.56. The van der Waals surface area contributed by atoms with Gasteiger partial charge in [-0.3, -0.25) is 0 Å². The molecule has 2 heteroatoms. The summed E-state index contributed by atoms with van der Waals surface area (Å²) in [6, 6.07) is 11.7. The molecule has 1 saturated heterocycles. The molecule has 1 nitrogen and oxygen atoms in total. The van der Waals surface area contributed by atoms with Crippen molar-refractivity contribution >= 4 is 21.4 Å². The topological polar surface area (TPSA) is 12.0 Å². The van der Waals surface area contributed by atoms with Crippen molar-refractivity contribution in [2.45, 2.75) is 25.3 Å². The quantitative estimate of drug-likeness (QED) is 0.814. The molecular formula is C13H15NS. The van der Waals surface area contributed by atoms with Crippen LogP contribution in [0.2, 0.25) is 0 Å². The second-order valence-corrected chi connectivity index (χ2v) is 5.42. The predicted octanol–water partition coefficient (Wildman–Crippen LogP) is 3.20. The number of nitrogens with one attached hydrogen (secondary N) is 1. The van der Waals surface area contributed by atoms with Gasteiger partial charge in [-0.25, -0.2) is 0 Å². The molecule has 0 amide bonds. The summed E-state index contributed by atoms with van der Waals surface area (Å²) < 4.78 is 1.42. The maximum Gasteiger partial charge on any atom is 0.0345 e. The van der Waals surface area contributed by atoms with Gasteiger partial charge in [0.15, 0.2) is 0 Å². The van der Waals surface area contributed by atoms with Gasteiger partial charge in [-0.2, -0.15) is 0 Å². The van der Waals surface area contributed by atoms with Gasteiger partial charge in [-0.05, 0) is 43.3 Å². The molecule has 0 bridgehead atoms. The molecule has 15 heavy (non-hydrogen) atoms. The number of fused-ring (bicyclic) bond motifs is 1. The highest BCUT2D eigenvalue weighted by molar-refractivity contribution is 7.19. The Bertz CT molecular complexity index is 421. The molecule has 1 aliphatic rings. The Balaban J connectivity index is 1.84. The van der Waals surface area contributed by atoms with Crippen LogP contribution in [0.3, 0.4) is 0 Å². The fraction of sp³-hybridized carbons (Fsp3) is 0.385. The molecule has 1 unspecified atom stereocenters. The Morgan fingerprint density at radius 3 is 3.07 bits per heavy atom. The summed E-state index contributed by atoms with van der Waals surface area (Å²) in [5.41, 5.74) is 0. The van der Waals surface area contributed by atoms with Crippen molar-refractivity contribution in [2.75, 3.05) is 6.54 Å². The summed E-state index contributed by atoms with van der Waals surface area (Å²) in [7, 11) is 0. The van der Waals surface area contributed by atoms with E-state index < -0.39 is 0 Å². The first kappa shape index (κ1) is 9.37. The van der Waals surface area contributed by atoms with E-state index in [1.54, 1.807) is 0 Å². The number of hydrogen-bond acceptors (Lipinski definition) is 2. The maximum absolute atomic E-state index is 3.56. The summed E-state index contributed by atoms with van der Waals surface area (Å²) in [6.45, 7) is 1.20. The average Bonchev–Trinajstić information content (AvgIpc) is 2.86. The fourth-order valence-electron chi connectivity index (χ4n) is 2.31. The number of hydrogen-bond donors (Lipinski definition) is 1. The van der Waals surface area contributed by atoms with Crippen LogP contribution in [0.15, 0.2) is 30.3 Å². The summed E-state index contributed by atoms with van der Waals surface area (Å²) in [5.74, 6) is 0. The van der Waals surface area contributed by atoms with E-state index in [-0.39, 0.29) is 0 Å². The molecule has 1 aromatic heterocycles. The van der Waals surface area contributed by atoms with Crippen molar-refractivity contribution in [1.82, 2.24) is 5.32 Å². The molecule has 2 aromatic rings. The van der Waals surface area contributed by atoms with Gasteiger partial charge in [-0.1, -0.05) is 18.2 Å². The zero-order valence-corrected chi connectivity index (χ0v) is 9.52. The van der Waals surface area contributed by atoms with Crippen LogP contribution < -0.4 is 5.32 Å². The fourth-order valence-corrected chi connectivity index (χ4v) is 3.46. The molecule has 0 radical (unpaired) electrons. The average molecular weight is 217 g/mol. The molecule has 1 aliphatic heterocycles. The minimum Gasteiger partial charge on any atom is -0.314 e. The lowest BCUT2D eigenvalue weighted by atomic mass is 10.1. The highest BCUT2D eigenvalue weighted by atomic mass is 32.1. The third-order valence-corrected chi connectivity index (χ3v) is 4.22. The number of benzene rings is 1. The molecule has 0 spiro atoms. The van der Waals surface area contributed by atoms with E-state index in [0.717, 1.165) is 6.04 Å².